The van der Waals surface area contributed by atoms with Gasteiger partial charge in [-0.25, -0.2) is 4.39 Å². The number of amides is 2. The van der Waals surface area contributed by atoms with Crippen LogP contribution in [0.2, 0.25) is 0 Å². The van der Waals surface area contributed by atoms with Crippen molar-refractivity contribution in [3.05, 3.63) is 65.2 Å². The molecule has 2 atom stereocenters. The van der Waals surface area contributed by atoms with Gasteiger partial charge in [0.1, 0.15) is 5.82 Å². The Bertz CT molecular complexity index is 898. The highest BCUT2D eigenvalue weighted by atomic mass is 19.1. The molecule has 1 saturated carbocycles. The second-order valence-corrected chi connectivity index (χ2v) is 8.14. The van der Waals surface area contributed by atoms with Crippen LogP contribution in [0.3, 0.4) is 0 Å². The largest absolute Gasteiger partial charge is 0.352 e. The van der Waals surface area contributed by atoms with E-state index in [1.807, 2.05) is 23.1 Å². The molecule has 2 fully saturated rings. The maximum absolute atomic E-state index is 13.7. The van der Waals surface area contributed by atoms with Crippen molar-refractivity contribution in [2.75, 3.05) is 6.54 Å². The fourth-order valence-electron chi connectivity index (χ4n) is 4.05. The van der Waals surface area contributed by atoms with E-state index in [4.69, 9.17) is 0 Å². The molecule has 29 heavy (non-hydrogen) atoms. The number of benzene rings is 1. The Labute approximate surface area is 170 Å². The number of rotatable bonds is 5. The van der Waals surface area contributed by atoms with Crippen LogP contribution in [0.5, 0.6) is 0 Å². The summed E-state index contributed by atoms with van der Waals surface area (Å²) in [6.07, 6.45) is 6.68. The first-order chi connectivity index (χ1) is 14.0. The lowest BCUT2D eigenvalue weighted by Crippen LogP contribution is -2.47. The number of aromatic nitrogens is 1. The molecule has 5 nitrogen and oxygen atoms in total. The molecule has 2 aromatic rings. The predicted molar refractivity (Wildman–Crippen MR) is 107 cm³/mol. The van der Waals surface area contributed by atoms with Gasteiger partial charge in [0, 0.05) is 31.4 Å². The standard InChI is InChI=1S/C23H26FN3O2/c1-15-11-18(6-8-20(15)24)21-9-7-19(14-27(21)23(29)17-4-5-17)22(28)26-13-16-3-2-10-25-12-16/h2-3,6,8,10-12,17,19,21H,4-5,7,9,13-14H2,1H3,(H,26,28). The van der Waals surface area contributed by atoms with Crippen molar-refractivity contribution in [1.29, 1.82) is 0 Å². The third-order valence-corrected chi connectivity index (χ3v) is 5.92. The SMILES string of the molecule is Cc1cc(C2CCC(C(=O)NCc3cccnc3)CN2C(=O)C2CC2)ccc1F. The minimum Gasteiger partial charge on any atom is -0.352 e. The summed E-state index contributed by atoms with van der Waals surface area (Å²) < 4.78 is 13.7. The van der Waals surface area contributed by atoms with Crippen molar-refractivity contribution in [1.82, 2.24) is 15.2 Å². The lowest BCUT2D eigenvalue weighted by molar-refractivity contribution is -0.140. The number of nitrogens with zero attached hydrogens (tertiary/aromatic N) is 2. The molecule has 0 spiro atoms. The van der Waals surface area contributed by atoms with Crippen LogP contribution < -0.4 is 5.32 Å². The molecule has 0 bridgehead atoms. The average Bonchev–Trinajstić information content (AvgIpc) is 3.59. The summed E-state index contributed by atoms with van der Waals surface area (Å²) in [7, 11) is 0. The molecule has 1 saturated heterocycles. The zero-order chi connectivity index (χ0) is 20.4. The molecule has 1 aliphatic carbocycles. The summed E-state index contributed by atoms with van der Waals surface area (Å²) in [4.78, 5) is 31.6. The van der Waals surface area contributed by atoms with Gasteiger partial charge in [-0.05, 0) is 61.4 Å². The maximum atomic E-state index is 13.7. The smallest absolute Gasteiger partial charge is 0.226 e. The van der Waals surface area contributed by atoms with Crippen molar-refractivity contribution in [3.8, 4) is 0 Å². The van der Waals surface area contributed by atoms with E-state index in [2.05, 4.69) is 10.3 Å². The van der Waals surface area contributed by atoms with E-state index in [1.54, 1.807) is 25.4 Å². The summed E-state index contributed by atoms with van der Waals surface area (Å²) in [5.74, 6) is -0.293. The van der Waals surface area contributed by atoms with Crippen LogP contribution in [0.15, 0.2) is 42.7 Å². The Balaban J connectivity index is 1.47. The Morgan fingerprint density at radius 1 is 1.17 bits per heavy atom. The van der Waals surface area contributed by atoms with Gasteiger partial charge < -0.3 is 10.2 Å². The molecule has 6 heteroatoms. The van der Waals surface area contributed by atoms with E-state index in [1.165, 1.54) is 6.07 Å². The van der Waals surface area contributed by atoms with E-state index in [0.717, 1.165) is 24.0 Å². The van der Waals surface area contributed by atoms with Crippen molar-refractivity contribution < 1.29 is 14.0 Å². The van der Waals surface area contributed by atoms with Gasteiger partial charge in [-0.3, -0.25) is 14.6 Å². The number of piperidine rings is 1. The van der Waals surface area contributed by atoms with E-state index in [0.29, 0.717) is 31.5 Å². The molecule has 1 aromatic heterocycles. The molecule has 4 rings (SSSR count). The second kappa shape index (κ2) is 8.31. The molecule has 2 unspecified atom stereocenters. The molecular weight excluding hydrogens is 369 g/mol. The lowest BCUT2D eigenvalue weighted by Gasteiger charge is -2.40. The van der Waals surface area contributed by atoms with Gasteiger partial charge >= 0.3 is 0 Å². The van der Waals surface area contributed by atoms with Gasteiger partial charge in [0.25, 0.3) is 0 Å². The van der Waals surface area contributed by atoms with E-state index < -0.39 is 0 Å². The van der Waals surface area contributed by atoms with Gasteiger partial charge in [0.2, 0.25) is 11.8 Å². The highest BCUT2D eigenvalue weighted by molar-refractivity contribution is 5.84. The van der Waals surface area contributed by atoms with Gasteiger partial charge in [-0.1, -0.05) is 18.2 Å². The number of hydrogen-bond donors (Lipinski definition) is 1. The summed E-state index contributed by atoms with van der Waals surface area (Å²) in [6.45, 7) is 2.58. The van der Waals surface area contributed by atoms with Crippen LogP contribution >= 0.6 is 0 Å². The van der Waals surface area contributed by atoms with Gasteiger partial charge in [-0.2, -0.15) is 0 Å². The Morgan fingerprint density at radius 2 is 1.97 bits per heavy atom. The highest BCUT2D eigenvalue weighted by Crippen LogP contribution is 2.39. The molecule has 1 aromatic carbocycles. The number of nitrogens with one attached hydrogen (secondary N) is 1. The molecule has 2 aliphatic rings. The molecule has 0 radical (unpaired) electrons. The van der Waals surface area contributed by atoms with Crippen molar-refractivity contribution in [2.24, 2.45) is 11.8 Å². The summed E-state index contributed by atoms with van der Waals surface area (Å²) in [5.41, 5.74) is 2.48. The minimum atomic E-state index is -0.239. The van der Waals surface area contributed by atoms with Crippen molar-refractivity contribution >= 4 is 11.8 Å². The molecule has 152 valence electrons. The third kappa shape index (κ3) is 4.47. The molecular formula is C23H26FN3O2. The van der Waals surface area contributed by atoms with E-state index in [-0.39, 0.29) is 35.5 Å². The molecule has 2 heterocycles. The first kappa shape index (κ1) is 19.6. The third-order valence-electron chi connectivity index (χ3n) is 5.92. The van der Waals surface area contributed by atoms with Crippen LogP contribution in [0.25, 0.3) is 0 Å². The van der Waals surface area contributed by atoms with Gasteiger partial charge in [0.15, 0.2) is 0 Å². The quantitative estimate of drug-likeness (QED) is 0.842. The maximum Gasteiger partial charge on any atom is 0.226 e. The number of pyridine rings is 1. The first-order valence-corrected chi connectivity index (χ1v) is 10.3. The Morgan fingerprint density at radius 3 is 2.66 bits per heavy atom. The number of carbonyl (C=O) groups is 2. The predicted octanol–water partition coefficient (Wildman–Crippen LogP) is 3.54. The summed E-state index contributed by atoms with van der Waals surface area (Å²) in [5, 5.41) is 2.98. The Kier molecular flexibility index (Phi) is 5.60. The summed E-state index contributed by atoms with van der Waals surface area (Å²) >= 11 is 0. The normalized spacial score (nSPS) is 21.7. The molecule has 2 amide bonds. The van der Waals surface area contributed by atoms with Crippen molar-refractivity contribution in [3.63, 3.8) is 0 Å². The fraction of sp³-hybridized carbons (Fsp3) is 0.435. The van der Waals surface area contributed by atoms with Crippen LogP contribution in [-0.4, -0.2) is 28.2 Å². The second-order valence-electron chi connectivity index (χ2n) is 8.14. The minimum absolute atomic E-state index is 0.0313. The number of carbonyl (C=O) groups excluding carboxylic acids is 2. The first-order valence-electron chi connectivity index (χ1n) is 10.3. The average molecular weight is 395 g/mol. The van der Waals surface area contributed by atoms with Crippen LogP contribution in [0.4, 0.5) is 4.39 Å². The number of halogens is 1. The zero-order valence-corrected chi connectivity index (χ0v) is 16.6. The number of aryl methyl sites for hydroxylation is 1. The topological polar surface area (TPSA) is 62.3 Å². The van der Waals surface area contributed by atoms with Gasteiger partial charge in [0.05, 0.1) is 12.0 Å². The summed E-state index contributed by atoms with van der Waals surface area (Å²) in [6, 6.07) is 8.73. The van der Waals surface area contributed by atoms with Crippen LogP contribution in [0.1, 0.15) is 48.4 Å². The number of hydrogen-bond acceptors (Lipinski definition) is 3. The monoisotopic (exact) mass is 395 g/mol. The van der Waals surface area contributed by atoms with Crippen LogP contribution in [0, 0.1) is 24.6 Å². The van der Waals surface area contributed by atoms with E-state index >= 15 is 0 Å². The van der Waals surface area contributed by atoms with Crippen LogP contribution in [-0.2, 0) is 16.1 Å². The molecule has 1 N–H and O–H groups in total. The molecule has 1 aliphatic heterocycles. The highest BCUT2D eigenvalue weighted by Gasteiger charge is 2.41. The van der Waals surface area contributed by atoms with E-state index in [9.17, 15) is 14.0 Å². The van der Waals surface area contributed by atoms with Crippen molar-refractivity contribution in [2.45, 2.75) is 45.2 Å². The fourth-order valence-corrected chi connectivity index (χ4v) is 4.05. The lowest BCUT2D eigenvalue weighted by atomic mass is 9.87. The van der Waals surface area contributed by atoms with Gasteiger partial charge in [-0.15, -0.1) is 0 Å². The Hall–Kier alpha value is -2.76. The zero-order valence-electron chi connectivity index (χ0n) is 16.6. The number of likely N-dealkylation sites (tertiary alicyclic amines) is 1.